The summed E-state index contributed by atoms with van der Waals surface area (Å²) in [5.41, 5.74) is 2.54. The van der Waals surface area contributed by atoms with Gasteiger partial charge >= 0.3 is 0 Å². The second kappa shape index (κ2) is 5.87. The molecular formula is C15H18ClNS. The highest BCUT2D eigenvalue weighted by atomic mass is 35.5. The summed E-state index contributed by atoms with van der Waals surface area (Å²) in [4.78, 5) is 2.71. The highest BCUT2D eigenvalue weighted by Crippen LogP contribution is 2.31. The summed E-state index contributed by atoms with van der Waals surface area (Å²) in [6.45, 7) is 7.35. The Hall–Kier alpha value is -0.830. The quantitative estimate of drug-likeness (QED) is 0.854. The molecule has 2 aromatic rings. The molecule has 1 nitrogen and oxygen atoms in total. The third-order valence-corrected chi connectivity index (χ3v) is 4.30. The van der Waals surface area contributed by atoms with E-state index in [9.17, 15) is 0 Å². The van der Waals surface area contributed by atoms with Crippen LogP contribution in [0.2, 0.25) is 5.02 Å². The van der Waals surface area contributed by atoms with Gasteiger partial charge in [-0.1, -0.05) is 24.6 Å². The van der Waals surface area contributed by atoms with Crippen molar-refractivity contribution in [3.8, 4) is 0 Å². The van der Waals surface area contributed by atoms with Crippen molar-refractivity contribution < 1.29 is 0 Å². The van der Waals surface area contributed by atoms with E-state index in [-0.39, 0.29) is 6.04 Å². The Kier molecular flexibility index (Phi) is 4.44. The van der Waals surface area contributed by atoms with Gasteiger partial charge in [-0.3, -0.25) is 0 Å². The van der Waals surface area contributed by atoms with Gasteiger partial charge < -0.3 is 5.32 Å². The minimum Gasteiger partial charge on any atom is -0.306 e. The van der Waals surface area contributed by atoms with Crippen LogP contribution in [0.3, 0.4) is 0 Å². The van der Waals surface area contributed by atoms with Crippen molar-refractivity contribution in [3.63, 3.8) is 0 Å². The van der Waals surface area contributed by atoms with Gasteiger partial charge in [-0.05, 0) is 55.8 Å². The van der Waals surface area contributed by atoms with E-state index in [4.69, 9.17) is 11.6 Å². The zero-order valence-corrected chi connectivity index (χ0v) is 12.5. The fourth-order valence-electron chi connectivity index (χ4n) is 2.14. The summed E-state index contributed by atoms with van der Waals surface area (Å²) >= 11 is 7.88. The molecule has 0 fully saturated rings. The molecule has 1 aromatic carbocycles. The topological polar surface area (TPSA) is 12.0 Å². The molecule has 0 saturated heterocycles. The summed E-state index contributed by atoms with van der Waals surface area (Å²) < 4.78 is 0. The Morgan fingerprint density at radius 1 is 1.22 bits per heavy atom. The molecular weight excluding hydrogens is 262 g/mol. The van der Waals surface area contributed by atoms with Crippen LogP contribution in [0.5, 0.6) is 0 Å². The van der Waals surface area contributed by atoms with Gasteiger partial charge in [0.1, 0.15) is 0 Å². The predicted octanol–water partition coefficient (Wildman–Crippen LogP) is 4.72. The molecule has 3 heteroatoms. The fourth-order valence-corrected chi connectivity index (χ4v) is 3.34. The number of hydrogen-bond acceptors (Lipinski definition) is 2. The average molecular weight is 280 g/mol. The molecule has 96 valence electrons. The number of rotatable bonds is 4. The molecule has 0 spiro atoms. The van der Waals surface area contributed by atoms with Gasteiger partial charge in [0, 0.05) is 14.8 Å². The number of thiophene rings is 1. The lowest BCUT2D eigenvalue weighted by Gasteiger charge is -2.19. The molecule has 1 heterocycles. The minimum atomic E-state index is 0.269. The molecule has 0 amide bonds. The second-order valence-electron chi connectivity index (χ2n) is 4.44. The molecule has 1 atom stereocenters. The van der Waals surface area contributed by atoms with Crippen LogP contribution in [-0.4, -0.2) is 6.54 Å². The first-order chi connectivity index (χ1) is 8.61. The fraction of sp³-hybridized carbons (Fsp3) is 0.333. The Balaban J connectivity index is 2.41. The Morgan fingerprint density at radius 2 is 2.00 bits per heavy atom. The largest absolute Gasteiger partial charge is 0.306 e. The van der Waals surface area contributed by atoms with Gasteiger partial charge in [0.05, 0.1) is 6.04 Å². The highest BCUT2D eigenvalue weighted by molar-refractivity contribution is 7.12. The summed E-state index contributed by atoms with van der Waals surface area (Å²) in [5.74, 6) is 0. The average Bonchev–Trinajstić information content (AvgIpc) is 2.73. The van der Waals surface area contributed by atoms with E-state index >= 15 is 0 Å². The SMILES string of the molecule is CCNC(c1ccc(C)s1)c1ccc(Cl)cc1C. The van der Waals surface area contributed by atoms with Crippen molar-refractivity contribution in [2.45, 2.75) is 26.8 Å². The van der Waals surface area contributed by atoms with Crippen LogP contribution in [-0.2, 0) is 0 Å². The maximum absolute atomic E-state index is 6.03. The van der Waals surface area contributed by atoms with Crippen LogP contribution in [0.15, 0.2) is 30.3 Å². The molecule has 1 N–H and O–H groups in total. The van der Waals surface area contributed by atoms with Gasteiger partial charge in [0.2, 0.25) is 0 Å². The lowest BCUT2D eigenvalue weighted by atomic mass is 10.00. The first-order valence-electron chi connectivity index (χ1n) is 6.17. The van der Waals surface area contributed by atoms with Crippen molar-refractivity contribution in [2.24, 2.45) is 0 Å². The van der Waals surface area contributed by atoms with Crippen LogP contribution in [0.4, 0.5) is 0 Å². The monoisotopic (exact) mass is 279 g/mol. The molecule has 0 aliphatic rings. The summed E-state index contributed by atoms with van der Waals surface area (Å²) in [6, 6.07) is 10.8. The van der Waals surface area contributed by atoms with Crippen LogP contribution in [0.1, 0.15) is 33.8 Å². The lowest BCUT2D eigenvalue weighted by molar-refractivity contribution is 0.637. The first-order valence-corrected chi connectivity index (χ1v) is 7.37. The van der Waals surface area contributed by atoms with E-state index in [0.29, 0.717) is 0 Å². The van der Waals surface area contributed by atoms with E-state index in [1.165, 1.54) is 20.9 Å². The van der Waals surface area contributed by atoms with E-state index in [1.807, 2.05) is 23.5 Å². The Morgan fingerprint density at radius 3 is 2.56 bits per heavy atom. The summed E-state index contributed by atoms with van der Waals surface area (Å²) in [5, 5.41) is 4.36. The molecule has 1 unspecified atom stereocenters. The zero-order valence-electron chi connectivity index (χ0n) is 11.0. The van der Waals surface area contributed by atoms with Gasteiger partial charge in [0.15, 0.2) is 0 Å². The van der Waals surface area contributed by atoms with E-state index in [1.54, 1.807) is 0 Å². The summed E-state index contributed by atoms with van der Waals surface area (Å²) in [7, 11) is 0. The number of aryl methyl sites for hydroxylation is 2. The maximum Gasteiger partial charge on any atom is 0.0673 e. The van der Waals surface area contributed by atoms with Crippen molar-refractivity contribution >= 4 is 22.9 Å². The highest BCUT2D eigenvalue weighted by Gasteiger charge is 2.16. The Bertz CT molecular complexity index is 533. The number of hydrogen-bond donors (Lipinski definition) is 1. The molecule has 0 saturated carbocycles. The molecule has 0 aliphatic heterocycles. The van der Waals surface area contributed by atoms with Crippen LogP contribution < -0.4 is 5.32 Å². The van der Waals surface area contributed by atoms with Crippen LogP contribution >= 0.6 is 22.9 Å². The number of nitrogens with one attached hydrogen (secondary N) is 1. The van der Waals surface area contributed by atoms with Gasteiger partial charge in [-0.15, -0.1) is 11.3 Å². The predicted molar refractivity (Wildman–Crippen MR) is 80.8 cm³/mol. The molecule has 0 aliphatic carbocycles. The van der Waals surface area contributed by atoms with Crippen LogP contribution in [0, 0.1) is 13.8 Å². The number of benzene rings is 1. The zero-order chi connectivity index (χ0) is 13.1. The molecule has 0 bridgehead atoms. The van der Waals surface area contributed by atoms with Gasteiger partial charge in [-0.2, -0.15) is 0 Å². The smallest absolute Gasteiger partial charge is 0.0673 e. The second-order valence-corrected chi connectivity index (χ2v) is 6.20. The lowest BCUT2D eigenvalue weighted by Crippen LogP contribution is -2.21. The molecule has 0 radical (unpaired) electrons. The third kappa shape index (κ3) is 2.94. The molecule has 18 heavy (non-hydrogen) atoms. The van der Waals surface area contributed by atoms with Crippen molar-refractivity contribution in [2.75, 3.05) is 6.54 Å². The van der Waals surface area contributed by atoms with E-state index in [2.05, 4.69) is 44.3 Å². The minimum absolute atomic E-state index is 0.269. The van der Waals surface area contributed by atoms with Crippen molar-refractivity contribution in [1.29, 1.82) is 0 Å². The summed E-state index contributed by atoms with van der Waals surface area (Å²) in [6.07, 6.45) is 0. The first kappa shape index (κ1) is 13.6. The van der Waals surface area contributed by atoms with Crippen molar-refractivity contribution in [1.82, 2.24) is 5.32 Å². The normalized spacial score (nSPS) is 12.7. The van der Waals surface area contributed by atoms with Gasteiger partial charge in [-0.25, -0.2) is 0 Å². The van der Waals surface area contributed by atoms with E-state index < -0.39 is 0 Å². The Labute approximate surface area is 118 Å². The molecule has 2 rings (SSSR count). The van der Waals surface area contributed by atoms with E-state index in [0.717, 1.165) is 11.6 Å². The standard InChI is InChI=1S/C15H18ClNS/c1-4-17-15(14-8-5-11(3)18-14)13-7-6-12(16)9-10(13)2/h5-9,15,17H,4H2,1-3H3. The van der Waals surface area contributed by atoms with Crippen LogP contribution in [0.25, 0.3) is 0 Å². The third-order valence-electron chi connectivity index (χ3n) is 3.00. The van der Waals surface area contributed by atoms with Crippen molar-refractivity contribution in [3.05, 3.63) is 56.2 Å². The molecule has 1 aromatic heterocycles. The number of halogens is 1. The maximum atomic E-state index is 6.03. The van der Waals surface area contributed by atoms with Gasteiger partial charge in [0.25, 0.3) is 0 Å².